The van der Waals surface area contributed by atoms with Crippen molar-refractivity contribution in [2.45, 2.75) is 63.6 Å². The van der Waals surface area contributed by atoms with Gasteiger partial charge in [0.1, 0.15) is 5.82 Å². The zero-order valence-electron chi connectivity index (χ0n) is 22.1. The van der Waals surface area contributed by atoms with Gasteiger partial charge in [-0.3, -0.25) is 14.6 Å². The van der Waals surface area contributed by atoms with E-state index in [0.29, 0.717) is 30.3 Å². The smallest absolute Gasteiger partial charge is 0.407 e. The predicted molar refractivity (Wildman–Crippen MR) is 145 cm³/mol. The highest BCUT2D eigenvalue weighted by Gasteiger charge is 2.30. The van der Waals surface area contributed by atoms with Crippen molar-refractivity contribution in [3.8, 4) is 0 Å². The second-order valence-electron chi connectivity index (χ2n) is 10.2. The maximum absolute atomic E-state index is 14.1. The normalized spacial score (nSPS) is 18.6. The Morgan fingerprint density at radius 1 is 1.07 bits per heavy atom. The highest BCUT2D eigenvalue weighted by molar-refractivity contribution is 6.03. The lowest BCUT2D eigenvalue weighted by Crippen LogP contribution is -2.46. The highest BCUT2D eigenvalue weighted by atomic mass is 19.1. The van der Waals surface area contributed by atoms with Crippen LogP contribution in [0, 0.1) is 5.82 Å². The molecule has 3 aromatic rings. The SMILES string of the molecule is CC(=O)NCCN(C(=O)O)[C@H]1CC[C@H](Nc2cc(NC3CC3)c3ncc(C(=O)Nc4ccncc4F)n3n2)CC1. The summed E-state index contributed by atoms with van der Waals surface area (Å²) in [6, 6.07) is 3.48. The van der Waals surface area contributed by atoms with Crippen LogP contribution in [0.25, 0.3) is 5.65 Å². The number of pyridine rings is 1. The second kappa shape index (κ2) is 11.7. The molecule has 3 amide bonds. The maximum atomic E-state index is 14.1. The zero-order valence-corrected chi connectivity index (χ0v) is 22.1. The van der Waals surface area contributed by atoms with Crippen LogP contribution < -0.4 is 21.3 Å². The third kappa shape index (κ3) is 6.38. The van der Waals surface area contributed by atoms with Crippen molar-refractivity contribution in [2.24, 2.45) is 0 Å². The number of anilines is 3. The lowest BCUT2D eigenvalue weighted by Gasteiger charge is -2.35. The quantitative estimate of drug-likeness (QED) is 0.254. The number of hydrogen-bond acceptors (Lipinski definition) is 8. The molecule has 5 N–H and O–H groups in total. The van der Waals surface area contributed by atoms with Crippen molar-refractivity contribution in [2.75, 3.05) is 29.0 Å². The fraction of sp³-hybridized carbons (Fsp3) is 0.462. The molecule has 0 spiro atoms. The summed E-state index contributed by atoms with van der Waals surface area (Å²) in [4.78, 5) is 45.5. The highest BCUT2D eigenvalue weighted by Crippen LogP contribution is 2.30. The van der Waals surface area contributed by atoms with Gasteiger partial charge in [0, 0.05) is 50.4 Å². The lowest BCUT2D eigenvalue weighted by atomic mass is 9.90. The third-order valence-electron chi connectivity index (χ3n) is 7.12. The van der Waals surface area contributed by atoms with Crippen molar-refractivity contribution in [3.63, 3.8) is 0 Å². The Bertz CT molecular complexity index is 1400. The van der Waals surface area contributed by atoms with Crippen LogP contribution in [-0.4, -0.2) is 78.7 Å². The summed E-state index contributed by atoms with van der Waals surface area (Å²) in [7, 11) is 0. The van der Waals surface area contributed by atoms with E-state index < -0.39 is 17.8 Å². The van der Waals surface area contributed by atoms with Crippen LogP contribution in [0.5, 0.6) is 0 Å². The van der Waals surface area contributed by atoms with Crippen molar-refractivity contribution in [3.05, 3.63) is 42.2 Å². The minimum absolute atomic E-state index is 0.00444. The van der Waals surface area contributed by atoms with E-state index in [9.17, 15) is 23.9 Å². The number of aromatic nitrogens is 4. The van der Waals surface area contributed by atoms with Crippen LogP contribution >= 0.6 is 0 Å². The molecular weight excluding hydrogens is 521 g/mol. The molecule has 0 bridgehead atoms. The number of nitrogens with zero attached hydrogens (tertiary/aromatic N) is 5. The molecular formula is C26H32FN9O4. The zero-order chi connectivity index (χ0) is 28.2. The molecule has 14 heteroatoms. The largest absolute Gasteiger partial charge is 0.465 e. The van der Waals surface area contributed by atoms with Gasteiger partial charge >= 0.3 is 6.09 Å². The molecule has 3 aromatic heterocycles. The van der Waals surface area contributed by atoms with Gasteiger partial charge in [0.15, 0.2) is 17.2 Å². The molecule has 0 aromatic carbocycles. The van der Waals surface area contributed by atoms with E-state index in [4.69, 9.17) is 0 Å². The molecule has 2 aliphatic rings. The van der Waals surface area contributed by atoms with E-state index in [-0.39, 0.29) is 42.5 Å². The van der Waals surface area contributed by atoms with Crippen LogP contribution in [0.1, 0.15) is 55.9 Å². The summed E-state index contributed by atoms with van der Waals surface area (Å²) in [5.74, 6) is -0.861. The first-order valence-corrected chi connectivity index (χ1v) is 13.3. The Hall–Kier alpha value is -4.49. The number of halogens is 1. The number of hydrogen-bond donors (Lipinski definition) is 5. The van der Waals surface area contributed by atoms with Gasteiger partial charge in [0.05, 0.1) is 23.8 Å². The summed E-state index contributed by atoms with van der Waals surface area (Å²) in [6.45, 7) is 1.91. The van der Waals surface area contributed by atoms with Gasteiger partial charge in [0.2, 0.25) is 5.91 Å². The van der Waals surface area contributed by atoms with Crippen molar-refractivity contribution in [1.29, 1.82) is 0 Å². The summed E-state index contributed by atoms with van der Waals surface area (Å²) in [5.41, 5.74) is 1.37. The summed E-state index contributed by atoms with van der Waals surface area (Å²) >= 11 is 0. The number of nitrogens with one attached hydrogen (secondary N) is 4. The minimum atomic E-state index is -0.998. The number of fused-ring (bicyclic) bond motifs is 1. The number of carboxylic acid groups (broad SMARTS) is 1. The van der Waals surface area contributed by atoms with Gasteiger partial charge in [0.25, 0.3) is 5.91 Å². The van der Waals surface area contributed by atoms with Gasteiger partial charge in [-0.05, 0) is 44.6 Å². The predicted octanol–water partition coefficient (Wildman–Crippen LogP) is 2.93. The standard InChI is InChI=1S/C26H32FN9O4/c1-15(37)29-10-11-35(26(39)40)18-6-4-17(5-7-18)32-23-12-21(31-16-2-3-16)24-30-14-22(36(24)34-23)25(38)33-20-8-9-28-13-19(20)27/h8-9,12-14,16-18,31H,2-7,10-11H2,1H3,(H,29,37)(H,32,34)(H,39,40)(H,28,33,38)/t17-,18-. The number of carbonyl (C=O) groups excluding carboxylic acids is 2. The molecule has 0 atom stereocenters. The molecule has 2 saturated carbocycles. The number of rotatable bonds is 10. The van der Waals surface area contributed by atoms with E-state index in [1.54, 1.807) is 0 Å². The number of carbonyl (C=O) groups is 3. The van der Waals surface area contributed by atoms with Gasteiger partial charge in [-0.2, -0.15) is 0 Å². The second-order valence-corrected chi connectivity index (χ2v) is 10.2. The van der Waals surface area contributed by atoms with E-state index in [2.05, 4.69) is 36.3 Å². The monoisotopic (exact) mass is 553 g/mol. The topological polar surface area (TPSA) is 166 Å². The molecule has 3 heterocycles. The van der Waals surface area contributed by atoms with Crippen molar-refractivity contribution < 1.29 is 23.9 Å². The minimum Gasteiger partial charge on any atom is -0.465 e. The molecule has 0 radical (unpaired) electrons. The van der Waals surface area contributed by atoms with E-state index in [0.717, 1.165) is 37.6 Å². The first-order valence-electron chi connectivity index (χ1n) is 13.3. The molecule has 212 valence electrons. The fourth-order valence-corrected chi connectivity index (χ4v) is 4.94. The molecule has 2 fully saturated rings. The first kappa shape index (κ1) is 27.1. The van der Waals surface area contributed by atoms with Gasteiger partial charge in [-0.15, -0.1) is 5.10 Å². The summed E-state index contributed by atoms with van der Waals surface area (Å²) in [6.07, 6.45) is 7.67. The Balaban J connectivity index is 1.30. The Morgan fingerprint density at radius 3 is 2.48 bits per heavy atom. The fourth-order valence-electron chi connectivity index (χ4n) is 4.94. The van der Waals surface area contributed by atoms with Crippen LogP contribution in [0.15, 0.2) is 30.7 Å². The average Bonchev–Trinajstić information content (AvgIpc) is 3.63. The Labute approximate surface area is 229 Å². The molecule has 13 nitrogen and oxygen atoms in total. The van der Waals surface area contributed by atoms with E-state index in [1.165, 1.54) is 34.8 Å². The van der Waals surface area contributed by atoms with Crippen molar-refractivity contribution in [1.82, 2.24) is 29.8 Å². The molecule has 0 aliphatic heterocycles. The Kier molecular flexibility index (Phi) is 7.94. The van der Waals surface area contributed by atoms with Crippen LogP contribution in [-0.2, 0) is 4.79 Å². The number of amides is 3. The maximum Gasteiger partial charge on any atom is 0.407 e. The number of imidazole rings is 1. The average molecular weight is 554 g/mol. The summed E-state index contributed by atoms with van der Waals surface area (Å²) < 4.78 is 15.5. The van der Waals surface area contributed by atoms with E-state index in [1.807, 2.05) is 6.07 Å². The van der Waals surface area contributed by atoms with Crippen LogP contribution in [0.2, 0.25) is 0 Å². The first-order chi connectivity index (χ1) is 19.3. The van der Waals surface area contributed by atoms with Gasteiger partial charge in [-0.1, -0.05) is 0 Å². The molecule has 5 rings (SSSR count). The van der Waals surface area contributed by atoms with Crippen LogP contribution in [0.4, 0.5) is 26.4 Å². The molecule has 2 aliphatic carbocycles. The molecule has 0 saturated heterocycles. The van der Waals surface area contributed by atoms with Gasteiger partial charge in [-0.25, -0.2) is 18.7 Å². The molecule has 40 heavy (non-hydrogen) atoms. The molecule has 0 unspecified atom stereocenters. The van der Waals surface area contributed by atoms with E-state index >= 15 is 0 Å². The van der Waals surface area contributed by atoms with Gasteiger partial charge < -0.3 is 31.3 Å². The van der Waals surface area contributed by atoms with Crippen LogP contribution in [0.3, 0.4) is 0 Å². The lowest BCUT2D eigenvalue weighted by molar-refractivity contribution is -0.119. The third-order valence-corrected chi connectivity index (χ3v) is 7.12. The van der Waals surface area contributed by atoms with Crippen molar-refractivity contribution >= 4 is 40.7 Å². The Morgan fingerprint density at radius 2 is 1.80 bits per heavy atom. The summed E-state index contributed by atoms with van der Waals surface area (Å²) in [5, 5.41) is 26.4.